The molecule has 0 aliphatic carbocycles. The zero-order valence-corrected chi connectivity index (χ0v) is 20.5. The molecule has 0 radical (unpaired) electrons. The van der Waals surface area contributed by atoms with E-state index in [1.807, 2.05) is 30.7 Å². The standard InChI is InChI=1S/C27H32N4O4/c1-18(22-10-12-23(13-11-22)27(34)35-3)28-25(33)24-19(2)29-31-15-14-30(26(24)31)17-21-8-6-20(7-9-21)5-4-16-32/h6-13,18,32H,4-5,14-17H2,1-3H3,(H,28,33)/t18-/m0/s1. The number of nitrogens with one attached hydrogen (secondary N) is 1. The third kappa shape index (κ3) is 5.38. The lowest BCUT2D eigenvalue weighted by atomic mass is 10.1. The van der Waals surface area contributed by atoms with Gasteiger partial charge in [-0.1, -0.05) is 36.4 Å². The SMILES string of the molecule is COC(=O)c1ccc([C@H](C)NC(=O)c2c(C)nn3c2N(Cc2ccc(CCCO)cc2)CC3)cc1. The summed E-state index contributed by atoms with van der Waals surface area (Å²) in [5, 5.41) is 16.7. The Balaban J connectivity index is 1.47. The minimum Gasteiger partial charge on any atom is -0.465 e. The van der Waals surface area contributed by atoms with E-state index in [1.54, 1.807) is 12.1 Å². The zero-order chi connectivity index (χ0) is 24.9. The lowest BCUT2D eigenvalue weighted by Crippen LogP contribution is -2.29. The number of anilines is 1. The number of aliphatic hydroxyl groups excluding tert-OH is 1. The number of benzene rings is 2. The van der Waals surface area contributed by atoms with Gasteiger partial charge in [0.2, 0.25) is 0 Å². The molecule has 1 aromatic heterocycles. The summed E-state index contributed by atoms with van der Waals surface area (Å²) in [4.78, 5) is 27.2. The molecule has 0 fully saturated rings. The third-order valence-electron chi connectivity index (χ3n) is 6.41. The van der Waals surface area contributed by atoms with Crippen molar-refractivity contribution in [2.45, 2.75) is 45.8 Å². The second-order valence-electron chi connectivity index (χ2n) is 8.88. The Morgan fingerprint density at radius 1 is 1.09 bits per heavy atom. The van der Waals surface area contributed by atoms with Crippen LogP contribution in [0.25, 0.3) is 0 Å². The van der Waals surface area contributed by atoms with E-state index in [4.69, 9.17) is 9.84 Å². The van der Waals surface area contributed by atoms with Crippen molar-refractivity contribution in [2.24, 2.45) is 0 Å². The normalized spacial score (nSPS) is 13.4. The number of hydrogen-bond acceptors (Lipinski definition) is 6. The maximum Gasteiger partial charge on any atom is 0.337 e. The summed E-state index contributed by atoms with van der Waals surface area (Å²) in [5.74, 6) is 0.288. The van der Waals surface area contributed by atoms with E-state index >= 15 is 0 Å². The summed E-state index contributed by atoms with van der Waals surface area (Å²) in [5.41, 5.74) is 5.03. The summed E-state index contributed by atoms with van der Waals surface area (Å²) in [7, 11) is 1.35. The summed E-state index contributed by atoms with van der Waals surface area (Å²) >= 11 is 0. The van der Waals surface area contributed by atoms with Gasteiger partial charge >= 0.3 is 5.97 Å². The van der Waals surface area contributed by atoms with Crippen molar-refractivity contribution < 1.29 is 19.4 Å². The number of esters is 1. The first kappa shape index (κ1) is 24.5. The van der Waals surface area contributed by atoms with Crippen LogP contribution in [0.4, 0.5) is 5.82 Å². The van der Waals surface area contributed by atoms with Crippen LogP contribution in [0.5, 0.6) is 0 Å². The summed E-state index contributed by atoms with van der Waals surface area (Å²) in [6.45, 7) is 6.20. The van der Waals surface area contributed by atoms with Gasteiger partial charge in [-0.3, -0.25) is 4.79 Å². The van der Waals surface area contributed by atoms with Gasteiger partial charge in [-0.25, -0.2) is 9.48 Å². The van der Waals surface area contributed by atoms with E-state index in [0.29, 0.717) is 23.4 Å². The van der Waals surface area contributed by atoms with Gasteiger partial charge in [0, 0.05) is 19.7 Å². The molecule has 35 heavy (non-hydrogen) atoms. The largest absolute Gasteiger partial charge is 0.465 e. The fourth-order valence-electron chi connectivity index (χ4n) is 4.48. The van der Waals surface area contributed by atoms with E-state index in [-0.39, 0.29) is 24.5 Å². The summed E-state index contributed by atoms with van der Waals surface area (Å²) in [6, 6.07) is 15.2. The summed E-state index contributed by atoms with van der Waals surface area (Å²) in [6.07, 6.45) is 1.62. The van der Waals surface area contributed by atoms with Crippen LogP contribution in [0.3, 0.4) is 0 Å². The average molecular weight is 477 g/mol. The van der Waals surface area contributed by atoms with Crippen molar-refractivity contribution in [3.05, 3.63) is 82.0 Å². The highest BCUT2D eigenvalue weighted by atomic mass is 16.5. The molecule has 1 aliphatic rings. The van der Waals surface area contributed by atoms with Gasteiger partial charge in [0.15, 0.2) is 0 Å². The number of carbonyl (C=O) groups excluding carboxylic acids is 2. The number of amides is 1. The Morgan fingerprint density at radius 3 is 2.43 bits per heavy atom. The molecule has 2 aromatic carbocycles. The number of hydrogen-bond donors (Lipinski definition) is 2. The van der Waals surface area contributed by atoms with Crippen molar-refractivity contribution >= 4 is 17.7 Å². The van der Waals surface area contributed by atoms with Crippen molar-refractivity contribution in [3.8, 4) is 0 Å². The van der Waals surface area contributed by atoms with Crippen molar-refractivity contribution in [2.75, 3.05) is 25.2 Å². The van der Waals surface area contributed by atoms with Crippen LogP contribution in [0, 0.1) is 6.92 Å². The molecule has 4 rings (SSSR count). The molecule has 0 bridgehead atoms. The third-order valence-corrected chi connectivity index (χ3v) is 6.41. The molecule has 184 valence electrons. The molecule has 1 aliphatic heterocycles. The molecule has 8 heteroatoms. The number of aromatic nitrogens is 2. The van der Waals surface area contributed by atoms with Crippen LogP contribution >= 0.6 is 0 Å². The molecule has 0 unspecified atom stereocenters. The smallest absolute Gasteiger partial charge is 0.337 e. The van der Waals surface area contributed by atoms with Crippen LogP contribution in [-0.4, -0.2) is 47.0 Å². The van der Waals surface area contributed by atoms with Crippen LogP contribution in [-0.2, 0) is 24.2 Å². The number of rotatable bonds is 9. The second-order valence-corrected chi connectivity index (χ2v) is 8.88. The van der Waals surface area contributed by atoms with Gasteiger partial charge in [-0.2, -0.15) is 5.10 Å². The molecule has 3 aromatic rings. The fourth-order valence-corrected chi connectivity index (χ4v) is 4.48. The fraction of sp³-hybridized carbons (Fsp3) is 0.370. The predicted octanol–water partition coefficient (Wildman–Crippen LogP) is 3.41. The average Bonchev–Trinajstić information content (AvgIpc) is 3.40. The van der Waals surface area contributed by atoms with Gasteiger partial charge in [0.05, 0.1) is 31.0 Å². The van der Waals surface area contributed by atoms with Crippen LogP contribution in [0.1, 0.15) is 62.5 Å². The second kappa shape index (κ2) is 10.7. The Hall–Kier alpha value is -3.65. The molecule has 2 heterocycles. The lowest BCUT2D eigenvalue weighted by molar-refractivity contribution is 0.0600. The molecule has 1 atom stereocenters. The van der Waals surface area contributed by atoms with Crippen LogP contribution in [0.15, 0.2) is 48.5 Å². The highest BCUT2D eigenvalue weighted by Crippen LogP contribution is 2.30. The molecule has 1 amide bonds. The monoisotopic (exact) mass is 476 g/mol. The topological polar surface area (TPSA) is 96.7 Å². The van der Waals surface area contributed by atoms with Crippen molar-refractivity contribution in [1.82, 2.24) is 15.1 Å². The van der Waals surface area contributed by atoms with Gasteiger partial charge in [0.25, 0.3) is 5.91 Å². The number of aryl methyl sites for hydroxylation is 2. The highest BCUT2D eigenvalue weighted by Gasteiger charge is 2.30. The number of carbonyl (C=O) groups is 2. The molecule has 8 nitrogen and oxygen atoms in total. The van der Waals surface area contributed by atoms with E-state index in [2.05, 4.69) is 39.6 Å². The van der Waals surface area contributed by atoms with Gasteiger partial charge < -0.3 is 20.1 Å². The number of ether oxygens (including phenoxy) is 1. The Labute approximate surface area is 205 Å². The van der Waals surface area contributed by atoms with E-state index in [0.717, 1.165) is 42.9 Å². The van der Waals surface area contributed by atoms with E-state index in [1.165, 1.54) is 12.7 Å². The number of aliphatic hydroxyl groups is 1. The number of fused-ring (bicyclic) bond motifs is 1. The van der Waals surface area contributed by atoms with Gasteiger partial charge in [-0.05, 0) is 55.5 Å². The maximum atomic E-state index is 13.3. The quantitative estimate of drug-likeness (QED) is 0.460. The highest BCUT2D eigenvalue weighted by molar-refractivity contribution is 6.00. The molecule has 0 saturated heterocycles. The minimum atomic E-state index is -0.390. The maximum absolute atomic E-state index is 13.3. The Bertz CT molecular complexity index is 1190. The predicted molar refractivity (Wildman–Crippen MR) is 134 cm³/mol. The molecule has 0 saturated carbocycles. The van der Waals surface area contributed by atoms with E-state index in [9.17, 15) is 9.59 Å². The first-order valence-corrected chi connectivity index (χ1v) is 11.9. The van der Waals surface area contributed by atoms with Crippen molar-refractivity contribution in [1.29, 1.82) is 0 Å². The Kier molecular flexibility index (Phi) is 7.51. The number of nitrogens with zero attached hydrogens (tertiary/aromatic N) is 3. The molecular formula is C27H32N4O4. The number of methoxy groups -OCH3 is 1. The first-order chi connectivity index (χ1) is 16.9. The van der Waals surface area contributed by atoms with Crippen LogP contribution in [0.2, 0.25) is 0 Å². The van der Waals surface area contributed by atoms with E-state index < -0.39 is 0 Å². The van der Waals surface area contributed by atoms with Gasteiger partial charge in [-0.15, -0.1) is 0 Å². The molecule has 0 spiro atoms. The van der Waals surface area contributed by atoms with Crippen LogP contribution < -0.4 is 10.2 Å². The zero-order valence-electron chi connectivity index (χ0n) is 20.5. The minimum absolute atomic E-state index is 0.167. The van der Waals surface area contributed by atoms with Gasteiger partial charge in [0.1, 0.15) is 11.4 Å². The summed E-state index contributed by atoms with van der Waals surface area (Å²) < 4.78 is 6.66. The lowest BCUT2D eigenvalue weighted by Gasteiger charge is -2.20. The van der Waals surface area contributed by atoms with Crippen molar-refractivity contribution in [3.63, 3.8) is 0 Å². The Morgan fingerprint density at radius 2 is 1.77 bits per heavy atom. The first-order valence-electron chi connectivity index (χ1n) is 11.9. The molecular weight excluding hydrogens is 444 g/mol. The molecule has 2 N–H and O–H groups in total.